The summed E-state index contributed by atoms with van der Waals surface area (Å²) in [5, 5.41) is 24.5. The number of hydrogen-bond donors (Lipinski definition) is 2. The molecule has 53 heavy (non-hydrogen) atoms. The molecule has 4 aromatic carbocycles. The summed E-state index contributed by atoms with van der Waals surface area (Å²) >= 11 is 0. The zero-order valence-electron chi connectivity index (χ0n) is 28.1. The van der Waals surface area contributed by atoms with Gasteiger partial charge in [0.25, 0.3) is 35.0 Å². The largest absolute Gasteiger partial charge is 0.369 e. The third-order valence-corrected chi connectivity index (χ3v) is 9.23. The topological polar surface area (TPSA) is 254 Å². The van der Waals surface area contributed by atoms with E-state index >= 15 is 0 Å². The highest BCUT2D eigenvalue weighted by molar-refractivity contribution is 6.26. The number of hydrogen-bond acceptors (Lipinski definition) is 12. The van der Waals surface area contributed by atoms with Crippen LogP contribution < -0.4 is 11.5 Å². The smallest absolute Gasteiger partial charge is 0.270 e. The molecule has 4 aromatic rings. The third-order valence-electron chi connectivity index (χ3n) is 9.23. The summed E-state index contributed by atoms with van der Waals surface area (Å²) in [5.41, 5.74) is 10.8. The lowest BCUT2D eigenvalue weighted by Crippen LogP contribution is -2.47. The van der Waals surface area contributed by atoms with Crippen molar-refractivity contribution in [2.75, 3.05) is 52.4 Å². The van der Waals surface area contributed by atoms with Crippen molar-refractivity contribution in [2.24, 2.45) is 11.5 Å². The van der Waals surface area contributed by atoms with Crippen LogP contribution in [0, 0.1) is 20.2 Å². The molecule has 0 saturated carbocycles. The highest BCUT2D eigenvalue weighted by Gasteiger charge is 2.36. The number of rotatable bonds is 16. The first-order valence-electron chi connectivity index (χ1n) is 16.4. The van der Waals surface area contributed by atoms with Crippen molar-refractivity contribution < 1.29 is 38.6 Å². The molecule has 0 fully saturated rings. The van der Waals surface area contributed by atoms with E-state index in [2.05, 4.69) is 0 Å². The molecule has 0 spiro atoms. The van der Waals surface area contributed by atoms with Crippen molar-refractivity contribution in [3.63, 3.8) is 0 Å². The number of nitrogens with zero attached hydrogens (tertiary/aromatic N) is 6. The molecule has 18 heteroatoms. The summed E-state index contributed by atoms with van der Waals surface area (Å²) in [6, 6.07) is 14.2. The summed E-state index contributed by atoms with van der Waals surface area (Å²) in [4.78, 5) is 105. The van der Waals surface area contributed by atoms with Crippen LogP contribution in [0.15, 0.2) is 60.7 Å². The molecule has 2 aliphatic heterocycles. The summed E-state index contributed by atoms with van der Waals surface area (Å²) in [6.07, 6.45) is 0.313. The first-order valence-corrected chi connectivity index (χ1v) is 16.4. The molecule has 272 valence electrons. The first kappa shape index (κ1) is 36.1. The van der Waals surface area contributed by atoms with Crippen molar-refractivity contribution in [3.05, 3.63) is 103 Å². The van der Waals surface area contributed by atoms with Crippen LogP contribution in [0.25, 0.3) is 21.5 Å². The molecule has 4 N–H and O–H groups in total. The lowest BCUT2D eigenvalue weighted by atomic mass is 9.93. The number of primary amides is 2. The number of nitro groups is 2. The van der Waals surface area contributed by atoms with E-state index in [9.17, 15) is 49.0 Å². The van der Waals surface area contributed by atoms with Gasteiger partial charge in [0, 0.05) is 72.3 Å². The highest BCUT2D eigenvalue weighted by Crippen LogP contribution is 2.35. The molecule has 0 atom stereocenters. The zero-order valence-corrected chi connectivity index (χ0v) is 28.1. The van der Waals surface area contributed by atoms with Crippen molar-refractivity contribution in [3.8, 4) is 0 Å². The fourth-order valence-electron chi connectivity index (χ4n) is 6.88. The Morgan fingerprint density at radius 1 is 0.585 bits per heavy atom. The molecule has 0 aliphatic carbocycles. The minimum atomic E-state index is -0.718. The van der Waals surface area contributed by atoms with Crippen molar-refractivity contribution >= 4 is 68.4 Å². The normalized spacial score (nSPS) is 13.8. The van der Waals surface area contributed by atoms with E-state index in [-0.39, 0.29) is 86.0 Å². The number of amides is 6. The average molecular weight is 725 g/mol. The molecular formula is C35H32N8O10. The molecular weight excluding hydrogens is 692 g/mol. The number of imide groups is 2. The van der Waals surface area contributed by atoms with Crippen molar-refractivity contribution in [1.29, 1.82) is 0 Å². The molecule has 0 aromatic heterocycles. The van der Waals surface area contributed by atoms with Gasteiger partial charge < -0.3 is 11.5 Å². The van der Waals surface area contributed by atoms with Gasteiger partial charge in [-0.15, -0.1) is 0 Å². The maximum atomic E-state index is 13.5. The van der Waals surface area contributed by atoms with E-state index in [0.29, 0.717) is 28.0 Å². The molecule has 0 bridgehead atoms. The molecule has 0 unspecified atom stereocenters. The SMILES string of the molecule is NC(=O)CN(CCCN(CCN1C(=O)c2cccc3cc([N+](=O)[O-])cc(c23)C1=O)CC(N)=O)CCN1C(=O)c2cccc3cc([N+](=O)[O-])cc(c23)C1=O. The monoisotopic (exact) mass is 724 g/mol. The van der Waals surface area contributed by atoms with Crippen LogP contribution in [0.4, 0.5) is 11.4 Å². The van der Waals surface area contributed by atoms with E-state index in [1.807, 2.05) is 0 Å². The highest BCUT2D eigenvalue weighted by atomic mass is 16.6. The Morgan fingerprint density at radius 2 is 0.962 bits per heavy atom. The molecule has 0 radical (unpaired) electrons. The van der Waals surface area contributed by atoms with Gasteiger partial charge >= 0.3 is 0 Å². The summed E-state index contributed by atoms with van der Waals surface area (Å²) in [7, 11) is 0. The van der Waals surface area contributed by atoms with Gasteiger partial charge in [-0.1, -0.05) is 24.3 Å². The van der Waals surface area contributed by atoms with E-state index in [0.717, 1.165) is 21.9 Å². The minimum absolute atomic E-state index is 0.0111. The quantitative estimate of drug-likeness (QED) is 0.0951. The Hall–Kier alpha value is -6.66. The molecule has 0 saturated heterocycles. The maximum Gasteiger partial charge on any atom is 0.270 e. The van der Waals surface area contributed by atoms with Gasteiger partial charge in [-0.25, -0.2) is 0 Å². The van der Waals surface area contributed by atoms with Crippen LogP contribution >= 0.6 is 0 Å². The number of nitro benzene ring substituents is 2. The number of carbonyl (C=O) groups is 6. The second-order valence-corrected chi connectivity index (χ2v) is 12.7. The van der Waals surface area contributed by atoms with Crippen LogP contribution in [0.2, 0.25) is 0 Å². The van der Waals surface area contributed by atoms with Crippen LogP contribution in [0.3, 0.4) is 0 Å². The molecule has 18 nitrogen and oxygen atoms in total. The average Bonchev–Trinajstić information content (AvgIpc) is 3.11. The summed E-state index contributed by atoms with van der Waals surface area (Å²) < 4.78 is 0. The van der Waals surface area contributed by atoms with Gasteiger partial charge in [-0.05, 0) is 42.4 Å². The van der Waals surface area contributed by atoms with Crippen molar-refractivity contribution in [1.82, 2.24) is 19.6 Å². The second-order valence-electron chi connectivity index (χ2n) is 12.7. The fourth-order valence-corrected chi connectivity index (χ4v) is 6.88. The van der Waals surface area contributed by atoms with Gasteiger partial charge in [0.1, 0.15) is 0 Å². The Bertz CT molecular complexity index is 2120. The van der Waals surface area contributed by atoms with Gasteiger partial charge in [-0.2, -0.15) is 0 Å². The van der Waals surface area contributed by atoms with E-state index in [4.69, 9.17) is 11.5 Å². The van der Waals surface area contributed by atoms with Gasteiger partial charge in [0.2, 0.25) is 11.8 Å². The number of nitrogens with two attached hydrogens (primary N) is 2. The Morgan fingerprint density at radius 3 is 1.32 bits per heavy atom. The lowest BCUT2D eigenvalue weighted by molar-refractivity contribution is -0.384. The third kappa shape index (κ3) is 7.12. The first-order chi connectivity index (χ1) is 25.2. The standard InChI is InChI=1S/C35H32N8O10/c36-28(44)18-38(10-12-40-32(46)24-6-1-4-20-14-22(42(50)51)16-26(30(20)24)34(40)48)8-3-9-39(19-29(37)45)11-13-41-33(47)25-7-2-5-21-15-23(43(52)53)17-27(31(21)25)35(41)49/h1-2,4-7,14-17H,3,8-13,18-19H2,(H2,36,44)(H2,37,45). The van der Waals surface area contributed by atoms with Crippen LogP contribution in [0.1, 0.15) is 47.9 Å². The maximum absolute atomic E-state index is 13.5. The molecule has 6 amide bonds. The van der Waals surface area contributed by atoms with E-state index in [1.165, 1.54) is 24.3 Å². The van der Waals surface area contributed by atoms with Crippen LogP contribution in [-0.4, -0.2) is 117 Å². The number of carbonyl (C=O) groups excluding carboxylic acids is 6. The lowest BCUT2D eigenvalue weighted by Gasteiger charge is -2.31. The number of non-ortho nitro benzene ring substituents is 2. The minimum Gasteiger partial charge on any atom is -0.369 e. The van der Waals surface area contributed by atoms with Gasteiger partial charge in [-0.3, -0.25) is 68.6 Å². The summed E-state index contributed by atoms with van der Waals surface area (Å²) in [5.74, 6) is -3.99. The summed E-state index contributed by atoms with van der Waals surface area (Å²) in [6.45, 7) is -0.372. The second kappa shape index (κ2) is 14.5. The van der Waals surface area contributed by atoms with Gasteiger partial charge in [0.15, 0.2) is 0 Å². The fraction of sp³-hybridized carbons (Fsp3) is 0.257. The Labute approximate surface area is 299 Å². The predicted molar refractivity (Wildman–Crippen MR) is 188 cm³/mol. The Balaban J connectivity index is 1.12. The number of benzene rings is 4. The predicted octanol–water partition coefficient (Wildman–Crippen LogP) is 1.67. The van der Waals surface area contributed by atoms with E-state index in [1.54, 1.807) is 34.1 Å². The molecule has 2 aliphatic rings. The molecule has 6 rings (SSSR count). The van der Waals surface area contributed by atoms with Gasteiger partial charge in [0.05, 0.1) is 34.1 Å². The Kier molecular flexibility index (Phi) is 9.90. The van der Waals surface area contributed by atoms with Crippen molar-refractivity contribution in [2.45, 2.75) is 6.42 Å². The zero-order chi connectivity index (χ0) is 38.1. The molecule has 2 heterocycles. The van der Waals surface area contributed by atoms with E-state index < -0.39 is 45.3 Å². The van der Waals surface area contributed by atoms with Crippen LogP contribution in [-0.2, 0) is 9.59 Å². The van der Waals surface area contributed by atoms with Crippen LogP contribution in [0.5, 0.6) is 0 Å².